The maximum absolute atomic E-state index is 12.6. The minimum Gasteiger partial charge on any atom is -0.379 e. The molecule has 2 N–H and O–H groups in total. The number of nitrogens with one attached hydrogen (secondary N) is 2. The minimum atomic E-state index is 0.0624. The summed E-state index contributed by atoms with van der Waals surface area (Å²) in [6.45, 7) is 6.65. The third kappa shape index (κ3) is 5.13. The molecular weight excluding hydrogens is 432 g/mol. The van der Waals surface area contributed by atoms with E-state index in [9.17, 15) is 4.79 Å². The van der Waals surface area contributed by atoms with Crippen molar-refractivity contribution in [2.24, 2.45) is 13.0 Å². The molecule has 0 aliphatic carbocycles. The highest BCUT2D eigenvalue weighted by Crippen LogP contribution is 2.24. The molecule has 0 radical (unpaired) electrons. The van der Waals surface area contributed by atoms with Crippen molar-refractivity contribution < 1.29 is 9.53 Å². The first-order chi connectivity index (χ1) is 16.7. The summed E-state index contributed by atoms with van der Waals surface area (Å²) < 4.78 is 7.37. The summed E-state index contributed by atoms with van der Waals surface area (Å²) in [5, 5.41) is 15.1. The topological polar surface area (TPSA) is 100 Å². The zero-order valence-corrected chi connectivity index (χ0v) is 19.6. The number of aryl methyl sites for hydroxylation is 1. The van der Waals surface area contributed by atoms with Crippen molar-refractivity contribution in [1.29, 1.82) is 0 Å². The van der Waals surface area contributed by atoms with Gasteiger partial charge in [0.25, 0.3) is 0 Å². The van der Waals surface area contributed by atoms with Gasteiger partial charge in [-0.05, 0) is 37.1 Å². The van der Waals surface area contributed by atoms with Crippen molar-refractivity contribution in [3.8, 4) is 0 Å². The van der Waals surface area contributed by atoms with E-state index < -0.39 is 0 Å². The number of morpholine rings is 1. The van der Waals surface area contributed by atoms with Crippen LogP contribution in [-0.2, 0) is 16.6 Å². The SMILES string of the molecule is Cn1c(Nc2ccc(N3CCC(C(=O)NCCN4CCOCC4)CC3)nn2)nc2ccccc21. The molecule has 0 bridgehead atoms. The summed E-state index contributed by atoms with van der Waals surface area (Å²) in [6, 6.07) is 11.9. The Labute approximate surface area is 199 Å². The molecule has 2 aromatic heterocycles. The summed E-state index contributed by atoms with van der Waals surface area (Å²) in [5.41, 5.74) is 1.99. The third-order valence-electron chi connectivity index (χ3n) is 6.70. The van der Waals surface area contributed by atoms with Gasteiger partial charge in [0.05, 0.1) is 24.2 Å². The first-order valence-electron chi connectivity index (χ1n) is 12.0. The predicted molar refractivity (Wildman–Crippen MR) is 131 cm³/mol. The van der Waals surface area contributed by atoms with E-state index in [-0.39, 0.29) is 11.8 Å². The van der Waals surface area contributed by atoms with E-state index in [1.807, 2.05) is 48.0 Å². The number of fused-ring (bicyclic) bond motifs is 1. The average Bonchev–Trinajstić information content (AvgIpc) is 3.20. The fourth-order valence-electron chi connectivity index (χ4n) is 4.61. The zero-order valence-electron chi connectivity index (χ0n) is 19.6. The van der Waals surface area contributed by atoms with E-state index in [1.165, 1.54) is 0 Å². The standard InChI is InChI=1S/C24H32N8O2/c1-30-20-5-3-2-4-19(20)26-24(30)27-21-6-7-22(29-28-21)32-11-8-18(9-12-32)23(33)25-10-13-31-14-16-34-17-15-31/h2-7,18H,8-17H2,1H3,(H,25,33)(H,26,27,28). The number of piperidine rings is 1. The summed E-state index contributed by atoms with van der Waals surface area (Å²) in [7, 11) is 1.97. The van der Waals surface area contributed by atoms with Gasteiger partial charge in [-0.2, -0.15) is 0 Å². The van der Waals surface area contributed by atoms with Crippen LogP contribution in [0.2, 0.25) is 0 Å². The Morgan fingerprint density at radius 2 is 1.85 bits per heavy atom. The number of carbonyl (C=O) groups is 1. The number of hydrogen-bond donors (Lipinski definition) is 2. The Morgan fingerprint density at radius 1 is 1.06 bits per heavy atom. The van der Waals surface area contributed by atoms with Crippen molar-refractivity contribution >= 4 is 34.5 Å². The first-order valence-corrected chi connectivity index (χ1v) is 12.0. The van der Waals surface area contributed by atoms with Crippen molar-refractivity contribution in [3.05, 3.63) is 36.4 Å². The van der Waals surface area contributed by atoms with Crippen LogP contribution in [0.25, 0.3) is 11.0 Å². The number of imidazole rings is 1. The maximum atomic E-state index is 12.6. The molecule has 180 valence electrons. The van der Waals surface area contributed by atoms with Crippen LogP contribution in [0.5, 0.6) is 0 Å². The van der Waals surface area contributed by atoms with Gasteiger partial charge < -0.3 is 24.8 Å². The summed E-state index contributed by atoms with van der Waals surface area (Å²) in [4.78, 5) is 21.7. The second kappa shape index (κ2) is 10.4. The number of amides is 1. The molecule has 2 fully saturated rings. The lowest BCUT2D eigenvalue weighted by Crippen LogP contribution is -2.44. The van der Waals surface area contributed by atoms with Crippen LogP contribution in [-0.4, -0.2) is 83.0 Å². The Bertz CT molecular complexity index is 1100. The largest absolute Gasteiger partial charge is 0.379 e. The number of anilines is 3. The van der Waals surface area contributed by atoms with Crippen LogP contribution in [0.1, 0.15) is 12.8 Å². The van der Waals surface area contributed by atoms with Crippen LogP contribution < -0.4 is 15.5 Å². The third-order valence-corrected chi connectivity index (χ3v) is 6.70. The van der Waals surface area contributed by atoms with Gasteiger partial charge in [-0.1, -0.05) is 12.1 Å². The lowest BCUT2D eigenvalue weighted by molar-refractivity contribution is -0.125. The minimum absolute atomic E-state index is 0.0624. The molecule has 10 heteroatoms. The highest BCUT2D eigenvalue weighted by atomic mass is 16.5. The first kappa shape index (κ1) is 22.5. The van der Waals surface area contributed by atoms with Gasteiger partial charge in [-0.3, -0.25) is 9.69 Å². The van der Waals surface area contributed by atoms with Crippen LogP contribution >= 0.6 is 0 Å². The number of ether oxygens (including phenoxy) is 1. The number of carbonyl (C=O) groups excluding carboxylic acids is 1. The second-order valence-electron chi connectivity index (χ2n) is 8.89. The Hall–Kier alpha value is -3.24. The molecule has 0 atom stereocenters. The Morgan fingerprint density at radius 3 is 2.59 bits per heavy atom. The summed E-state index contributed by atoms with van der Waals surface area (Å²) in [6.07, 6.45) is 1.65. The number of aromatic nitrogens is 4. The molecule has 2 aliphatic heterocycles. The Balaban J connectivity index is 1.09. The fraction of sp³-hybridized carbons (Fsp3) is 0.500. The normalized spacial score (nSPS) is 17.7. The van der Waals surface area contributed by atoms with Crippen LogP contribution in [0.3, 0.4) is 0 Å². The molecule has 5 rings (SSSR count). The van der Waals surface area contributed by atoms with Crippen molar-refractivity contribution in [1.82, 2.24) is 30.0 Å². The van der Waals surface area contributed by atoms with Crippen LogP contribution in [0, 0.1) is 5.92 Å². The molecule has 3 aromatic rings. The zero-order chi connectivity index (χ0) is 23.3. The molecular formula is C24H32N8O2. The molecule has 4 heterocycles. The molecule has 0 unspecified atom stereocenters. The molecule has 2 saturated heterocycles. The van der Waals surface area contributed by atoms with E-state index in [2.05, 4.69) is 35.6 Å². The van der Waals surface area contributed by atoms with Gasteiger partial charge in [0.15, 0.2) is 11.6 Å². The number of benzene rings is 1. The van der Waals surface area contributed by atoms with E-state index in [0.717, 1.165) is 81.6 Å². The molecule has 34 heavy (non-hydrogen) atoms. The van der Waals surface area contributed by atoms with E-state index >= 15 is 0 Å². The highest BCUT2D eigenvalue weighted by molar-refractivity contribution is 5.79. The molecule has 0 spiro atoms. The molecule has 0 saturated carbocycles. The van der Waals surface area contributed by atoms with Gasteiger partial charge in [-0.25, -0.2) is 4.98 Å². The van der Waals surface area contributed by atoms with Gasteiger partial charge in [0.1, 0.15) is 0 Å². The predicted octanol–water partition coefficient (Wildman–Crippen LogP) is 1.77. The average molecular weight is 465 g/mol. The van der Waals surface area contributed by atoms with Gasteiger partial charge >= 0.3 is 0 Å². The number of nitrogens with zero attached hydrogens (tertiary/aromatic N) is 6. The molecule has 10 nitrogen and oxygen atoms in total. The molecule has 1 amide bonds. The monoisotopic (exact) mass is 464 g/mol. The van der Waals surface area contributed by atoms with E-state index in [4.69, 9.17) is 4.74 Å². The fourth-order valence-corrected chi connectivity index (χ4v) is 4.61. The van der Waals surface area contributed by atoms with E-state index in [1.54, 1.807) is 0 Å². The smallest absolute Gasteiger partial charge is 0.223 e. The van der Waals surface area contributed by atoms with Crippen molar-refractivity contribution in [2.45, 2.75) is 12.8 Å². The van der Waals surface area contributed by atoms with Gasteiger partial charge in [0.2, 0.25) is 11.9 Å². The number of hydrogen-bond acceptors (Lipinski definition) is 8. The summed E-state index contributed by atoms with van der Waals surface area (Å²) >= 11 is 0. The maximum Gasteiger partial charge on any atom is 0.223 e. The Kier molecular flexibility index (Phi) is 6.87. The second-order valence-corrected chi connectivity index (χ2v) is 8.89. The van der Waals surface area contributed by atoms with Crippen LogP contribution in [0.4, 0.5) is 17.6 Å². The van der Waals surface area contributed by atoms with Crippen LogP contribution in [0.15, 0.2) is 36.4 Å². The highest BCUT2D eigenvalue weighted by Gasteiger charge is 2.26. The number of para-hydroxylation sites is 2. The van der Waals surface area contributed by atoms with Crippen molar-refractivity contribution in [3.63, 3.8) is 0 Å². The van der Waals surface area contributed by atoms with Gasteiger partial charge in [-0.15, -0.1) is 10.2 Å². The lowest BCUT2D eigenvalue weighted by atomic mass is 9.96. The van der Waals surface area contributed by atoms with E-state index in [0.29, 0.717) is 12.4 Å². The lowest BCUT2D eigenvalue weighted by Gasteiger charge is -2.32. The molecule has 1 aromatic carbocycles. The molecule has 2 aliphatic rings. The van der Waals surface area contributed by atoms with Crippen molar-refractivity contribution in [2.75, 3.05) is 62.7 Å². The summed E-state index contributed by atoms with van der Waals surface area (Å²) in [5.74, 6) is 2.44. The number of rotatable bonds is 7. The van der Waals surface area contributed by atoms with Gasteiger partial charge in [0, 0.05) is 52.2 Å². The quantitative estimate of drug-likeness (QED) is 0.546.